The second kappa shape index (κ2) is 5.06. The highest BCUT2D eigenvalue weighted by Crippen LogP contribution is 2.42. The van der Waals surface area contributed by atoms with E-state index in [4.69, 9.17) is 9.15 Å². The highest BCUT2D eigenvalue weighted by atomic mass is 16.5. The third-order valence-electron chi connectivity index (χ3n) is 5.83. The van der Waals surface area contributed by atoms with E-state index in [9.17, 15) is 5.11 Å². The van der Waals surface area contributed by atoms with Gasteiger partial charge in [-0.15, -0.1) is 0 Å². The van der Waals surface area contributed by atoms with Crippen molar-refractivity contribution in [1.82, 2.24) is 4.90 Å². The zero-order valence-electron chi connectivity index (χ0n) is 13.7. The molecule has 2 aromatic carbocycles. The van der Waals surface area contributed by atoms with Crippen molar-refractivity contribution in [3.8, 4) is 0 Å². The molecule has 3 aromatic rings. The van der Waals surface area contributed by atoms with Crippen LogP contribution < -0.4 is 0 Å². The minimum atomic E-state index is -0.793. The van der Waals surface area contributed by atoms with Crippen LogP contribution in [0.3, 0.4) is 0 Å². The monoisotopic (exact) mass is 323 g/mol. The Morgan fingerprint density at radius 2 is 1.71 bits per heavy atom. The molecule has 2 saturated heterocycles. The van der Waals surface area contributed by atoms with Gasteiger partial charge in [-0.05, 0) is 43.7 Å². The number of morpholine rings is 1. The molecule has 0 aliphatic carbocycles. The molecule has 2 aliphatic heterocycles. The number of hydrogen-bond donors (Lipinski definition) is 1. The van der Waals surface area contributed by atoms with Crippen LogP contribution in [0.25, 0.3) is 21.9 Å². The fourth-order valence-corrected chi connectivity index (χ4v) is 4.39. The number of rotatable bonds is 1. The molecule has 2 aliphatic rings. The van der Waals surface area contributed by atoms with Gasteiger partial charge in [0.05, 0.1) is 18.8 Å². The molecular formula is C20H21NO3. The molecule has 2 unspecified atom stereocenters. The topological polar surface area (TPSA) is 45.8 Å². The Balaban J connectivity index is 1.62. The predicted molar refractivity (Wildman–Crippen MR) is 93.0 cm³/mol. The van der Waals surface area contributed by atoms with Crippen LogP contribution in [0.1, 0.15) is 18.4 Å². The van der Waals surface area contributed by atoms with E-state index in [0.29, 0.717) is 26.1 Å². The Morgan fingerprint density at radius 3 is 2.50 bits per heavy atom. The molecule has 3 heterocycles. The van der Waals surface area contributed by atoms with Gasteiger partial charge in [0, 0.05) is 22.9 Å². The van der Waals surface area contributed by atoms with Crippen LogP contribution in [0.15, 0.2) is 46.9 Å². The Hall–Kier alpha value is -1.88. The predicted octanol–water partition coefficient (Wildman–Crippen LogP) is 3.27. The van der Waals surface area contributed by atoms with E-state index < -0.39 is 5.60 Å². The summed E-state index contributed by atoms with van der Waals surface area (Å²) in [6, 6.07) is 14.8. The number of ether oxygens (including phenoxy) is 1. The van der Waals surface area contributed by atoms with Crippen LogP contribution in [-0.4, -0.2) is 42.4 Å². The van der Waals surface area contributed by atoms with E-state index in [2.05, 4.69) is 24.1 Å². The van der Waals surface area contributed by atoms with E-state index in [0.717, 1.165) is 27.5 Å². The lowest BCUT2D eigenvalue weighted by molar-refractivity contribution is -0.137. The molecule has 0 radical (unpaired) electrons. The van der Waals surface area contributed by atoms with Crippen molar-refractivity contribution in [1.29, 1.82) is 0 Å². The molecule has 5 rings (SSSR count). The molecule has 1 aromatic heterocycles. The van der Waals surface area contributed by atoms with E-state index in [1.54, 1.807) is 0 Å². The molecule has 0 saturated carbocycles. The second-order valence-electron chi connectivity index (χ2n) is 7.26. The summed E-state index contributed by atoms with van der Waals surface area (Å²) in [6.45, 7) is 1.40. The van der Waals surface area contributed by atoms with Crippen molar-refractivity contribution in [2.45, 2.75) is 30.5 Å². The van der Waals surface area contributed by atoms with Gasteiger partial charge in [-0.25, -0.2) is 0 Å². The number of furan rings is 1. The Labute approximate surface area is 140 Å². The number of piperidine rings is 1. The number of fused-ring (bicyclic) bond motifs is 5. The van der Waals surface area contributed by atoms with Gasteiger partial charge in [-0.1, -0.05) is 24.3 Å². The molecule has 2 fully saturated rings. The van der Waals surface area contributed by atoms with Crippen molar-refractivity contribution in [3.05, 3.63) is 48.0 Å². The maximum Gasteiger partial charge on any atom is 0.135 e. The van der Waals surface area contributed by atoms with Crippen molar-refractivity contribution in [2.75, 3.05) is 20.3 Å². The standard InChI is InChI=1S/C20H21NO3/c1-21-14-9-20(22,10-15(21)12-23-11-14)13-6-7-19-17(8-13)16-4-2-3-5-18(16)24-19/h2-8,14-15,22H,9-12H2,1H3. The van der Waals surface area contributed by atoms with Gasteiger partial charge in [0.1, 0.15) is 11.2 Å². The molecular weight excluding hydrogens is 302 g/mol. The Bertz CT molecular complexity index is 902. The van der Waals surface area contributed by atoms with E-state index in [-0.39, 0.29) is 12.1 Å². The maximum absolute atomic E-state index is 11.4. The number of hydrogen-bond acceptors (Lipinski definition) is 4. The summed E-state index contributed by atoms with van der Waals surface area (Å²) < 4.78 is 11.6. The summed E-state index contributed by atoms with van der Waals surface area (Å²) in [7, 11) is 2.14. The number of aliphatic hydroxyl groups is 1. The number of likely N-dealkylation sites (N-methyl/N-ethyl adjacent to an activating group) is 1. The zero-order chi connectivity index (χ0) is 16.3. The molecule has 4 nitrogen and oxygen atoms in total. The van der Waals surface area contributed by atoms with Gasteiger partial charge < -0.3 is 14.3 Å². The largest absolute Gasteiger partial charge is 0.456 e. The lowest BCUT2D eigenvalue weighted by atomic mass is 9.77. The van der Waals surface area contributed by atoms with Crippen molar-refractivity contribution >= 4 is 21.9 Å². The summed E-state index contributed by atoms with van der Waals surface area (Å²) >= 11 is 0. The first-order valence-electron chi connectivity index (χ1n) is 8.58. The fourth-order valence-electron chi connectivity index (χ4n) is 4.39. The van der Waals surface area contributed by atoms with E-state index in [1.807, 2.05) is 30.3 Å². The Morgan fingerprint density at radius 1 is 1.00 bits per heavy atom. The minimum Gasteiger partial charge on any atom is -0.456 e. The highest BCUT2D eigenvalue weighted by Gasteiger charge is 2.45. The van der Waals surface area contributed by atoms with Crippen molar-refractivity contribution < 1.29 is 14.3 Å². The van der Waals surface area contributed by atoms with Gasteiger partial charge in [0.2, 0.25) is 0 Å². The fraction of sp³-hybridized carbons (Fsp3) is 0.400. The summed E-state index contributed by atoms with van der Waals surface area (Å²) in [4.78, 5) is 2.36. The number of benzene rings is 2. The van der Waals surface area contributed by atoms with E-state index in [1.165, 1.54) is 0 Å². The summed E-state index contributed by atoms with van der Waals surface area (Å²) in [6.07, 6.45) is 1.42. The molecule has 2 atom stereocenters. The molecule has 0 spiro atoms. The molecule has 1 N–H and O–H groups in total. The molecule has 24 heavy (non-hydrogen) atoms. The number of nitrogens with zero attached hydrogens (tertiary/aromatic N) is 1. The average Bonchev–Trinajstić information content (AvgIpc) is 2.94. The lowest BCUT2D eigenvalue weighted by Gasteiger charge is -2.50. The van der Waals surface area contributed by atoms with Crippen LogP contribution in [0.5, 0.6) is 0 Å². The third kappa shape index (κ3) is 2.04. The normalized spacial score (nSPS) is 30.9. The van der Waals surface area contributed by atoms with Crippen LogP contribution in [0, 0.1) is 0 Å². The SMILES string of the molecule is CN1C2COCC1CC(O)(c1ccc3oc4ccccc4c3c1)C2. The van der Waals surface area contributed by atoms with Gasteiger partial charge in [0.15, 0.2) is 0 Å². The molecule has 0 amide bonds. The Kier molecular flexibility index (Phi) is 3.05. The zero-order valence-corrected chi connectivity index (χ0v) is 13.7. The maximum atomic E-state index is 11.4. The minimum absolute atomic E-state index is 0.277. The van der Waals surface area contributed by atoms with E-state index >= 15 is 0 Å². The number of para-hydroxylation sites is 1. The lowest BCUT2D eigenvalue weighted by Crippen LogP contribution is -2.59. The molecule has 2 bridgehead atoms. The molecule has 4 heteroatoms. The van der Waals surface area contributed by atoms with Gasteiger partial charge >= 0.3 is 0 Å². The first kappa shape index (κ1) is 14.5. The van der Waals surface area contributed by atoms with Crippen LogP contribution in [0.2, 0.25) is 0 Å². The van der Waals surface area contributed by atoms with Gasteiger partial charge in [-0.2, -0.15) is 0 Å². The van der Waals surface area contributed by atoms with Crippen molar-refractivity contribution in [2.24, 2.45) is 0 Å². The highest BCUT2D eigenvalue weighted by molar-refractivity contribution is 6.05. The van der Waals surface area contributed by atoms with Crippen molar-refractivity contribution in [3.63, 3.8) is 0 Å². The van der Waals surface area contributed by atoms with Crippen LogP contribution >= 0.6 is 0 Å². The third-order valence-corrected chi connectivity index (χ3v) is 5.83. The molecule has 124 valence electrons. The second-order valence-corrected chi connectivity index (χ2v) is 7.26. The van der Waals surface area contributed by atoms with Crippen LogP contribution in [0.4, 0.5) is 0 Å². The average molecular weight is 323 g/mol. The first-order valence-corrected chi connectivity index (χ1v) is 8.58. The van der Waals surface area contributed by atoms with Gasteiger partial charge in [0.25, 0.3) is 0 Å². The first-order chi connectivity index (χ1) is 11.6. The summed E-state index contributed by atoms with van der Waals surface area (Å²) in [5.74, 6) is 0. The van der Waals surface area contributed by atoms with Crippen LogP contribution in [-0.2, 0) is 10.3 Å². The summed E-state index contributed by atoms with van der Waals surface area (Å²) in [5.41, 5.74) is 1.97. The smallest absolute Gasteiger partial charge is 0.135 e. The quantitative estimate of drug-likeness (QED) is 0.746. The summed E-state index contributed by atoms with van der Waals surface area (Å²) in [5, 5.41) is 13.6. The van der Waals surface area contributed by atoms with Gasteiger partial charge in [-0.3, -0.25) is 4.90 Å².